The van der Waals surface area contributed by atoms with Gasteiger partial charge in [-0.05, 0) is 57.2 Å². The molecule has 1 aliphatic rings. The van der Waals surface area contributed by atoms with Crippen molar-refractivity contribution < 1.29 is 5.11 Å². The Bertz CT molecular complexity index is 500. The molecule has 2 rings (SSSR count). The van der Waals surface area contributed by atoms with Crippen molar-refractivity contribution in [3.8, 4) is 6.07 Å². The Kier molecular flexibility index (Phi) is 5.39. The topological polar surface area (TPSA) is 47.3 Å². The molecule has 1 aliphatic carbocycles. The van der Waals surface area contributed by atoms with Crippen LogP contribution in [0.5, 0.6) is 0 Å². The highest BCUT2D eigenvalue weighted by Gasteiger charge is 2.30. The molecule has 3 heteroatoms. The van der Waals surface area contributed by atoms with E-state index in [9.17, 15) is 5.26 Å². The maximum absolute atomic E-state index is 9.41. The third-order valence-electron chi connectivity index (χ3n) is 4.26. The van der Waals surface area contributed by atoms with Gasteiger partial charge in [-0.2, -0.15) is 5.26 Å². The Balaban J connectivity index is 2.12. The van der Waals surface area contributed by atoms with E-state index in [1.165, 1.54) is 18.4 Å². The number of aliphatic hydroxyl groups excluding tert-OH is 1. The van der Waals surface area contributed by atoms with Gasteiger partial charge >= 0.3 is 0 Å². The van der Waals surface area contributed by atoms with Gasteiger partial charge in [-0.3, -0.25) is 4.90 Å². The van der Waals surface area contributed by atoms with Crippen molar-refractivity contribution in [1.29, 1.82) is 5.26 Å². The summed E-state index contributed by atoms with van der Waals surface area (Å²) in [6.07, 6.45) is 4.47. The number of unbranched alkanes of at least 4 members (excludes halogenated alkanes) is 1. The van der Waals surface area contributed by atoms with Crippen molar-refractivity contribution in [3.63, 3.8) is 0 Å². The van der Waals surface area contributed by atoms with Crippen molar-refractivity contribution in [3.05, 3.63) is 35.4 Å². The Morgan fingerprint density at radius 2 is 2.00 bits per heavy atom. The first kappa shape index (κ1) is 16.0. The molecule has 0 atom stereocenters. The Hall–Kier alpha value is -1.37. The normalized spacial score (nSPS) is 15.2. The number of rotatable bonds is 8. The zero-order valence-corrected chi connectivity index (χ0v) is 13.2. The summed E-state index contributed by atoms with van der Waals surface area (Å²) in [6.45, 7) is 6.19. The lowest BCUT2D eigenvalue weighted by molar-refractivity contribution is 0.228. The summed E-state index contributed by atoms with van der Waals surface area (Å²) in [5, 5.41) is 18.4. The molecule has 21 heavy (non-hydrogen) atoms. The molecular weight excluding hydrogens is 260 g/mol. The zero-order chi connectivity index (χ0) is 15.3. The predicted octanol–water partition coefficient (Wildman–Crippen LogP) is 3.22. The minimum absolute atomic E-state index is 0.274. The summed E-state index contributed by atoms with van der Waals surface area (Å²) in [5.41, 5.74) is 1.96. The lowest BCUT2D eigenvalue weighted by atomic mass is 9.83. The van der Waals surface area contributed by atoms with Crippen LogP contribution in [-0.4, -0.2) is 29.2 Å². The fourth-order valence-electron chi connectivity index (χ4n) is 2.80. The van der Waals surface area contributed by atoms with Gasteiger partial charge in [0.25, 0.3) is 0 Å². The van der Waals surface area contributed by atoms with Gasteiger partial charge in [-0.1, -0.05) is 24.3 Å². The third kappa shape index (κ3) is 4.30. The Labute approximate surface area is 128 Å². The predicted molar refractivity (Wildman–Crippen MR) is 84.8 cm³/mol. The first-order chi connectivity index (χ1) is 10.1. The summed E-state index contributed by atoms with van der Waals surface area (Å²) < 4.78 is 0. The molecule has 1 saturated carbocycles. The monoisotopic (exact) mass is 286 g/mol. The number of aliphatic hydroxyl groups is 1. The maximum atomic E-state index is 9.41. The molecule has 0 saturated heterocycles. The van der Waals surface area contributed by atoms with E-state index in [1.54, 1.807) is 0 Å². The number of hydrogen-bond acceptors (Lipinski definition) is 3. The zero-order valence-electron chi connectivity index (χ0n) is 13.2. The van der Waals surface area contributed by atoms with Gasteiger partial charge in [0.1, 0.15) is 0 Å². The number of nitriles is 1. The highest BCUT2D eigenvalue weighted by Crippen LogP contribution is 2.31. The Morgan fingerprint density at radius 3 is 2.62 bits per heavy atom. The summed E-state index contributed by atoms with van der Waals surface area (Å²) >= 11 is 0. The third-order valence-corrected chi connectivity index (χ3v) is 4.26. The lowest BCUT2D eigenvalue weighted by Crippen LogP contribution is -2.28. The van der Waals surface area contributed by atoms with E-state index in [0.29, 0.717) is 6.04 Å². The van der Waals surface area contributed by atoms with Crippen LogP contribution in [0.3, 0.4) is 0 Å². The average Bonchev–Trinajstić information content (AvgIpc) is 3.31. The highest BCUT2D eigenvalue weighted by molar-refractivity contribution is 5.37. The van der Waals surface area contributed by atoms with Crippen LogP contribution in [0.15, 0.2) is 24.3 Å². The minimum Gasteiger partial charge on any atom is -0.396 e. The SMILES string of the molecule is CC(C)(C#N)c1ccccc1CN(CCCCO)C1CC1. The molecule has 1 aromatic rings. The van der Waals surface area contributed by atoms with Gasteiger partial charge in [-0.15, -0.1) is 0 Å². The van der Waals surface area contributed by atoms with E-state index < -0.39 is 5.41 Å². The van der Waals surface area contributed by atoms with E-state index in [-0.39, 0.29) is 6.61 Å². The van der Waals surface area contributed by atoms with Crippen molar-refractivity contribution in [2.24, 2.45) is 0 Å². The smallest absolute Gasteiger partial charge is 0.0769 e. The quantitative estimate of drug-likeness (QED) is 0.746. The minimum atomic E-state index is -0.448. The fraction of sp³-hybridized carbons (Fsp3) is 0.611. The summed E-state index contributed by atoms with van der Waals surface area (Å²) in [5.74, 6) is 0. The van der Waals surface area contributed by atoms with Crippen LogP contribution in [-0.2, 0) is 12.0 Å². The number of benzene rings is 1. The molecule has 0 spiro atoms. The van der Waals surface area contributed by atoms with E-state index in [2.05, 4.69) is 29.2 Å². The molecule has 1 aromatic carbocycles. The molecule has 0 heterocycles. The second-order valence-electron chi connectivity index (χ2n) is 6.53. The van der Waals surface area contributed by atoms with Gasteiger partial charge in [0.15, 0.2) is 0 Å². The van der Waals surface area contributed by atoms with Crippen LogP contribution in [0, 0.1) is 11.3 Å². The molecular formula is C18H26N2O. The van der Waals surface area contributed by atoms with Crippen LogP contribution in [0.25, 0.3) is 0 Å². The van der Waals surface area contributed by atoms with Gasteiger partial charge in [-0.25, -0.2) is 0 Å². The van der Waals surface area contributed by atoms with Gasteiger partial charge in [0, 0.05) is 19.2 Å². The molecule has 114 valence electrons. The summed E-state index contributed by atoms with van der Waals surface area (Å²) in [4.78, 5) is 2.52. The average molecular weight is 286 g/mol. The van der Waals surface area contributed by atoms with Gasteiger partial charge in [0.2, 0.25) is 0 Å². The highest BCUT2D eigenvalue weighted by atomic mass is 16.2. The van der Waals surface area contributed by atoms with Crippen LogP contribution in [0.4, 0.5) is 0 Å². The molecule has 0 amide bonds. The second-order valence-corrected chi connectivity index (χ2v) is 6.53. The standard InChI is InChI=1S/C18H26N2O/c1-18(2,14-19)17-8-4-3-7-15(17)13-20(16-9-10-16)11-5-6-12-21/h3-4,7-8,16,21H,5-6,9-13H2,1-2H3. The van der Waals surface area contributed by atoms with Crippen LogP contribution in [0.2, 0.25) is 0 Å². The molecule has 0 unspecified atom stereocenters. The van der Waals surface area contributed by atoms with Crippen molar-refractivity contribution in [2.75, 3.05) is 13.2 Å². The molecule has 1 N–H and O–H groups in total. The van der Waals surface area contributed by atoms with Crippen molar-refractivity contribution in [1.82, 2.24) is 4.90 Å². The molecule has 3 nitrogen and oxygen atoms in total. The van der Waals surface area contributed by atoms with Gasteiger partial charge < -0.3 is 5.11 Å². The molecule has 0 bridgehead atoms. The van der Waals surface area contributed by atoms with Crippen LogP contribution < -0.4 is 0 Å². The second kappa shape index (κ2) is 7.06. The first-order valence-electron chi connectivity index (χ1n) is 7.93. The number of hydrogen-bond donors (Lipinski definition) is 1. The molecule has 0 radical (unpaired) electrons. The number of nitrogens with zero attached hydrogens (tertiary/aromatic N) is 2. The van der Waals surface area contributed by atoms with Crippen LogP contribution >= 0.6 is 0 Å². The summed E-state index contributed by atoms with van der Waals surface area (Å²) in [7, 11) is 0. The van der Waals surface area contributed by atoms with E-state index in [0.717, 1.165) is 31.5 Å². The fourth-order valence-corrected chi connectivity index (χ4v) is 2.80. The molecule has 1 fully saturated rings. The van der Waals surface area contributed by atoms with Crippen LogP contribution in [0.1, 0.15) is 50.7 Å². The largest absolute Gasteiger partial charge is 0.396 e. The lowest BCUT2D eigenvalue weighted by Gasteiger charge is -2.26. The first-order valence-corrected chi connectivity index (χ1v) is 7.93. The van der Waals surface area contributed by atoms with E-state index in [4.69, 9.17) is 5.11 Å². The van der Waals surface area contributed by atoms with Crippen molar-refractivity contribution in [2.45, 2.75) is 57.5 Å². The molecule has 0 aliphatic heterocycles. The van der Waals surface area contributed by atoms with E-state index >= 15 is 0 Å². The molecule has 0 aromatic heterocycles. The van der Waals surface area contributed by atoms with Gasteiger partial charge in [0.05, 0.1) is 11.5 Å². The van der Waals surface area contributed by atoms with E-state index in [1.807, 2.05) is 19.9 Å². The van der Waals surface area contributed by atoms with Crippen molar-refractivity contribution >= 4 is 0 Å². The Morgan fingerprint density at radius 1 is 1.29 bits per heavy atom. The summed E-state index contributed by atoms with van der Waals surface area (Å²) in [6, 6.07) is 11.4. The maximum Gasteiger partial charge on any atom is 0.0769 e.